The number of hydrogen-bond donors (Lipinski definition) is 1. The summed E-state index contributed by atoms with van der Waals surface area (Å²) in [6.07, 6.45) is 5.41. The molecule has 18 heavy (non-hydrogen) atoms. The molecular formula is C13H22N2O3. The summed E-state index contributed by atoms with van der Waals surface area (Å²) in [4.78, 5) is 25.6. The number of rotatable bonds is 6. The molecule has 0 bridgehead atoms. The third-order valence-corrected chi connectivity index (χ3v) is 3.79. The molecule has 0 aromatic carbocycles. The molecule has 0 aromatic heterocycles. The van der Waals surface area contributed by atoms with Gasteiger partial charge >= 0.3 is 0 Å². The first-order valence-corrected chi connectivity index (χ1v) is 6.82. The molecule has 1 heterocycles. The van der Waals surface area contributed by atoms with Gasteiger partial charge in [-0.3, -0.25) is 14.5 Å². The highest BCUT2D eigenvalue weighted by molar-refractivity contribution is 6.05. The van der Waals surface area contributed by atoms with Crippen LogP contribution in [-0.4, -0.2) is 49.1 Å². The lowest BCUT2D eigenvalue weighted by molar-refractivity contribution is -0.141. The normalized spacial score (nSPS) is 25.4. The minimum atomic E-state index is -0.310. The van der Waals surface area contributed by atoms with Crippen LogP contribution in [0, 0.1) is 0 Å². The number of carbonyl (C=O) groups excluding carboxylic acids is 2. The zero-order valence-corrected chi connectivity index (χ0v) is 11.0. The van der Waals surface area contributed by atoms with Gasteiger partial charge in [-0.15, -0.1) is 0 Å². The van der Waals surface area contributed by atoms with Crippen LogP contribution in [0.3, 0.4) is 0 Å². The van der Waals surface area contributed by atoms with Gasteiger partial charge in [0.05, 0.1) is 12.5 Å². The first-order chi connectivity index (χ1) is 8.74. The topological polar surface area (TPSA) is 58.6 Å². The Balaban J connectivity index is 1.84. The Morgan fingerprint density at radius 2 is 2.06 bits per heavy atom. The van der Waals surface area contributed by atoms with Gasteiger partial charge in [0.25, 0.3) is 0 Å². The minimum Gasteiger partial charge on any atom is -0.385 e. The van der Waals surface area contributed by atoms with Crippen LogP contribution in [0.2, 0.25) is 0 Å². The molecule has 1 aliphatic heterocycles. The molecule has 1 unspecified atom stereocenters. The van der Waals surface area contributed by atoms with Crippen molar-refractivity contribution in [3.63, 3.8) is 0 Å². The van der Waals surface area contributed by atoms with Crippen molar-refractivity contribution in [3.05, 3.63) is 0 Å². The summed E-state index contributed by atoms with van der Waals surface area (Å²) in [5, 5.41) is 3.16. The molecule has 2 fully saturated rings. The van der Waals surface area contributed by atoms with Crippen molar-refractivity contribution in [1.82, 2.24) is 10.2 Å². The monoisotopic (exact) mass is 254 g/mol. The predicted molar refractivity (Wildman–Crippen MR) is 67.0 cm³/mol. The predicted octanol–water partition coefficient (Wildman–Crippen LogP) is 0.683. The lowest BCUT2D eigenvalue weighted by Crippen LogP contribution is -2.43. The summed E-state index contributed by atoms with van der Waals surface area (Å²) in [7, 11) is 1.66. The van der Waals surface area contributed by atoms with Crippen molar-refractivity contribution in [2.24, 2.45) is 0 Å². The van der Waals surface area contributed by atoms with Gasteiger partial charge in [-0.1, -0.05) is 12.8 Å². The van der Waals surface area contributed by atoms with Crippen LogP contribution < -0.4 is 5.32 Å². The molecule has 1 atom stereocenters. The van der Waals surface area contributed by atoms with Crippen molar-refractivity contribution in [3.8, 4) is 0 Å². The fraction of sp³-hybridized carbons (Fsp3) is 0.846. The van der Waals surface area contributed by atoms with E-state index in [1.807, 2.05) is 0 Å². The highest BCUT2D eigenvalue weighted by Gasteiger charge is 2.42. The molecule has 0 spiro atoms. The molecule has 2 aliphatic rings. The number of nitrogens with zero attached hydrogens (tertiary/aromatic N) is 1. The molecular weight excluding hydrogens is 232 g/mol. The first-order valence-electron chi connectivity index (χ1n) is 6.82. The number of nitrogens with one attached hydrogen (secondary N) is 1. The molecule has 5 nitrogen and oxygen atoms in total. The van der Waals surface area contributed by atoms with Crippen molar-refractivity contribution in [2.75, 3.05) is 20.3 Å². The molecule has 2 rings (SSSR count). The van der Waals surface area contributed by atoms with Crippen LogP contribution in [0.4, 0.5) is 0 Å². The summed E-state index contributed by atoms with van der Waals surface area (Å²) in [5.74, 6) is -0.0274. The Morgan fingerprint density at radius 1 is 1.33 bits per heavy atom. The van der Waals surface area contributed by atoms with Gasteiger partial charge in [0.2, 0.25) is 11.8 Å². The Bertz CT molecular complexity index is 313. The number of ether oxygens (including phenoxy) is 1. The molecule has 102 valence electrons. The maximum atomic E-state index is 12.2. The van der Waals surface area contributed by atoms with E-state index in [0.717, 1.165) is 38.6 Å². The zero-order valence-electron chi connectivity index (χ0n) is 11.0. The average molecular weight is 254 g/mol. The molecule has 5 heteroatoms. The fourth-order valence-corrected chi connectivity index (χ4v) is 2.85. The lowest BCUT2D eigenvalue weighted by atomic mass is 10.2. The van der Waals surface area contributed by atoms with Crippen LogP contribution in [0.1, 0.15) is 38.5 Å². The molecule has 1 saturated heterocycles. The summed E-state index contributed by atoms with van der Waals surface area (Å²) >= 11 is 0. The molecule has 1 aliphatic carbocycles. The second kappa shape index (κ2) is 6.29. The van der Waals surface area contributed by atoms with E-state index in [2.05, 4.69) is 5.32 Å². The van der Waals surface area contributed by atoms with Crippen LogP contribution in [-0.2, 0) is 14.3 Å². The maximum Gasteiger partial charge on any atom is 0.247 e. The van der Waals surface area contributed by atoms with Crippen LogP contribution in [0.5, 0.6) is 0 Å². The number of likely N-dealkylation sites (tertiary alicyclic amines) is 1. The van der Waals surface area contributed by atoms with Crippen molar-refractivity contribution in [1.29, 1.82) is 0 Å². The van der Waals surface area contributed by atoms with E-state index in [0.29, 0.717) is 13.0 Å². The van der Waals surface area contributed by atoms with Crippen LogP contribution >= 0.6 is 0 Å². The van der Waals surface area contributed by atoms with Crippen molar-refractivity contribution in [2.45, 2.75) is 50.6 Å². The largest absolute Gasteiger partial charge is 0.385 e. The Kier molecular flexibility index (Phi) is 4.72. The quantitative estimate of drug-likeness (QED) is 0.559. The summed E-state index contributed by atoms with van der Waals surface area (Å²) in [6.45, 7) is 1.39. The number of methoxy groups -OCH3 is 1. The van der Waals surface area contributed by atoms with Crippen LogP contribution in [0.15, 0.2) is 0 Å². The number of hydrogen-bond acceptors (Lipinski definition) is 4. The molecule has 0 radical (unpaired) electrons. The van der Waals surface area contributed by atoms with Gasteiger partial charge in [0.1, 0.15) is 0 Å². The van der Waals surface area contributed by atoms with E-state index in [1.54, 1.807) is 7.11 Å². The molecule has 0 aromatic rings. The molecule has 2 amide bonds. The Labute approximate surface area is 108 Å². The smallest absolute Gasteiger partial charge is 0.247 e. The summed E-state index contributed by atoms with van der Waals surface area (Å²) in [5.41, 5.74) is 0. The van der Waals surface area contributed by atoms with Gasteiger partial charge in [0.15, 0.2) is 0 Å². The summed E-state index contributed by atoms with van der Waals surface area (Å²) < 4.78 is 4.95. The van der Waals surface area contributed by atoms with E-state index in [4.69, 9.17) is 4.74 Å². The Hall–Kier alpha value is -0.940. The first kappa shape index (κ1) is 13.5. The highest BCUT2D eigenvalue weighted by atomic mass is 16.5. The van der Waals surface area contributed by atoms with Gasteiger partial charge < -0.3 is 10.1 Å². The zero-order chi connectivity index (χ0) is 13.0. The van der Waals surface area contributed by atoms with Crippen molar-refractivity contribution < 1.29 is 14.3 Å². The number of amides is 2. The Morgan fingerprint density at radius 3 is 2.72 bits per heavy atom. The standard InChI is InChI=1S/C13H22N2O3/c1-18-8-4-7-14-11-9-12(16)15(13(11)17)10-5-2-3-6-10/h10-11,14H,2-9H2,1H3. The van der Waals surface area contributed by atoms with Gasteiger partial charge in [-0.05, 0) is 25.8 Å². The van der Waals surface area contributed by atoms with Gasteiger partial charge in [-0.2, -0.15) is 0 Å². The highest BCUT2D eigenvalue weighted by Crippen LogP contribution is 2.28. The molecule has 1 saturated carbocycles. The van der Waals surface area contributed by atoms with Crippen LogP contribution in [0.25, 0.3) is 0 Å². The van der Waals surface area contributed by atoms with E-state index >= 15 is 0 Å². The number of carbonyl (C=O) groups is 2. The van der Waals surface area contributed by atoms with E-state index < -0.39 is 0 Å². The van der Waals surface area contributed by atoms with E-state index in [-0.39, 0.29) is 23.9 Å². The maximum absolute atomic E-state index is 12.2. The molecule has 1 N–H and O–H groups in total. The third-order valence-electron chi connectivity index (χ3n) is 3.79. The SMILES string of the molecule is COCCCNC1CC(=O)N(C2CCCC2)C1=O. The number of imide groups is 1. The third kappa shape index (κ3) is 2.90. The van der Waals surface area contributed by atoms with Gasteiger partial charge in [-0.25, -0.2) is 0 Å². The summed E-state index contributed by atoms with van der Waals surface area (Å²) in [6, 6.07) is -0.147. The second-order valence-electron chi connectivity index (χ2n) is 5.10. The lowest BCUT2D eigenvalue weighted by Gasteiger charge is -2.22. The van der Waals surface area contributed by atoms with E-state index in [9.17, 15) is 9.59 Å². The van der Waals surface area contributed by atoms with E-state index in [1.165, 1.54) is 4.90 Å². The van der Waals surface area contributed by atoms with Crippen molar-refractivity contribution >= 4 is 11.8 Å². The second-order valence-corrected chi connectivity index (χ2v) is 5.10. The average Bonchev–Trinajstić information content (AvgIpc) is 2.94. The van der Waals surface area contributed by atoms with Gasteiger partial charge in [0, 0.05) is 19.8 Å². The fourth-order valence-electron chi connectivity index (χ4n) is 2.85. The minimum absolute atomic E-state index is 0.00357.